The molecule has 0 saturated carbocycles. The van der Waals surface area contributed by atoms with Gasteiger partial charge in [0.05, 0.1) is 33.8 Å². The molecule has 1 aromatic carbocycles. The number of piperidine rings is 1. The van der Waals surface area contributed by atoms with Crippen molar-refractivity contribution in [2.75, 3.05) is 29.0 Å². The number of aromatic nitrogens is 2. The smallest absolute Gasteiger partial charge is 0.276 e. The molecule has 1 aliphatic rings. The van der Waals surface area contributed by atoms with E-state index in [2.05, 4.69) is 20.2 Å². The summed E-state index contributed by atoms with van der Waals surface area (Å²) in [5.74, 6) is -0.507. The monoisotopic (exact) mass is 467 g/mol. The van der Waals surface area contributed by atoms with Crippen LogP contribution < -0.4 is 26.8 Å². The Labute approximate surface area is 191 Å². The fourth-order valence-corrected chi connectivity index (χ4v) is 4.37. The van der Waals surface area contributed by atoms with Gasteiger partial charge in [-0.3, -0.25) is 9.78 Å². The highest BCUT2D eigenvalue weighted by Crippen LogP contribution is 2.29. The largest absolute Gasteiger partial charge is 0.397 e. The molecule has 1 aliphatic heterocycles. The lowest BCUT2D eigenvalue weighted by molar-refractivity contribution is 0.102. The third-order valence-electron chi connectivity index (χ3n) is 5.44. The van der Waals surface area contributed by atoms with Gasteiger partial charge in [-0.15, -0.1) is 0 Å². The lowest BCUT2D eigenvalue weighted by Gasteiger charge is -2.33. The number of nitrogens with zero attached hydrogens (tertiary/aromatic N) is 3. The number of nitrogens with two attached hydrogens (primary N) is 3. The number of carbonyl (C=O) groups is 1. The van der Waals surface area contributed by atoms with Crippen LogP contribution in [0.1, 0.15) is 23.3 Å². The van der Waals surface area contributed by atoms with Crippen LogP contribution in [-0.4, -0.2) is 43.4 Å². The lowest BCUT2D eigenvalue weighted by atomic mass is 10.1. The maximum absolute atomic E-state index is 13.1. The first-order valence-corrected chi connectivity index (χ1v) is 11.9. The van der Waals surface area contributed by atoms with Crippen LogP contribution in [0.4, 0.5) is 17.1 Å². The molecule has 0 radical (unpaired) electrons. The van der Waals surface area contributed by atoms with Crippen molar-refractivity contribution in [2.45, 2.75) is 23.8 Å². The molecule has 0 unspecified atom stereocenters. The molecule has 33 heavy (non-hydrogen) atoms. The Kier molecular flexibility index (Phi) is 6.27. The van der Waals surface area contributed by atoms with Gasteiger partial charge in [0.15, 0.2) is 5.69 Å². The maximum atomic E-state index is 13.1. The van der Waals surface area contributed by atoms with Gasteiger partial charge in [0.25, 0.3) is 5.91 Å². The van der Waals surface area contributed by atoms with E-state index in [9.17, 15) is 13.2 Å². The van der Waals surface area contributed by atoms with Crippen molar-refractivity contribution >= 4 is 33.0 Å². The van der Waals surface area contributed by atoms with E-state index in [0.717, 1.165) is 25.1 Å². The summed E-state index contributed by atoms with van der Waals surface area (Å²) in [4.78, 5) is 23.7. The summed E-state index contributed by atoms with van der Waals surface area (Å²) in [5, 5.41) is 8.08. The Bertz CT molecular complexity index is 1300. The Hall–Kier alpha value is -3.54. The Balaban J connectivity index is 1.63. The number of nitrogen functional groups attached to an aromatic ring is 1. The molecule has 7 N–H and O–H groups in total. The van der Waals surface area contributed by atoms with Gasteiger partial charge in [0.2, 0.25) is 10.0 Å². The number of carbonyl (C=O) groups excluding carboxylic acids is 1. The minimum absolute atomic E-state index is 0.0126. The molecule has 1 atom stereocenters. The maximum Gasteiger partial charge on any atom is 0.276 e. The van der Waals surface area contributed by atoms with Crippen LogP contribution in [0.2, 0.25) is 0 Å². The van der Waals surface area contributed by atoms with E-state index in [4.69, 9.17) is 16.6 Å². The first kappa shape index (κ1) is 22.6. The van der Waals surface area contributed by atoms with E-state index in [1.807, 2.05) is 6.07 Å². The summed E-state index contributed by atoms with van der Waals surface area (Å²) in [7, 11) is -3.88. The number of pyridine rings is 2. The third kappa shape index (κ3) is 5.11. The summed E-state index contributed by atoms with van der Waals surface area (Å²) in [6.45, 7) is 1.51. The number of rotatable bonds is 5. The molecular formula is C22H25N7O3S. The fourth-order valence-electron chi connectivity index (χ4n) is 3.81. The molecule has 1 amide bonds. The van der Waals surface area contributed by atoms with Crippen molar-refractivity contribution in [2.24, 2.45) is 10.9 Å². The minimum Gasteiger partial charge on any atom is -0.397 e. The van der Waals surface area contributed by atoms with Crippen LogP contribution in [0.25, 0.3) is 11.3 Å². The van der Waals surface area contributed by atoms with Crippen LogP contribution in [0.3, 0.4) is 0 Å². The number of hydrogen-bond donors (Lipinski definition) is 4. The average Bonchev–Trinajstić information content (AvgIpc) is 2.79. The van der Waals surface area contributed by atoms with E-state index in [1.165, 1.54) is 12.1 Å². The second kappa shape index (κ2) is 9.14. The van der Waals surface area contributed by atoms with Gasteiger partial charge in [-0.2, -0.15) is 0 Å². The number of hydrogen-bond acceptors (Lipinski definition) is 8. The fraction of sp³-hybridized carbons (Fsp3) is 0.227. The van der Waals surface area contributed by atoms with Crippen molar-refractivity contribution in [3.8, 4) is 11.3 Å². The molecule has 1 saturated heterocycles. The summed E-state index contributed by atoms with van der Waals surface area (Å²) in [6, 6.07) is 11.1. The molecule has 4 rings (SSSR count). The van der Waals surface area contributed by atoms with Gasteiger partial charge in [-0.25, -0.2) is 18.5 Å². The molecule has 0 aliphatic carbocycles. The predicted octanol–water partition coefficient (Wildman–Crippen LogP) is 1.55. The molecule has 3 heterocycles. The number of benzene rings is 1. The highest BCUT2D eigenvalue weighted by atomic mass is 32.2. The van der Waals surface area contributed by atoms with E-state index in [0.29, 0.717) is 23.5 Å². The Morgan fingerprint density at radius 2 is 2.00 bits per heavy atom. The Morgan fingerprint density at radius 1 is 1.18 bits per heavy atom. The molecule has 10 nitrogen and oxygen atoms in total. The molecule has 1 fully saturated rings. The summed E-state index contributed by atoms with van der Waals surface area (Å²) in [5.41, 5.74) is 14.6. The quantitative estimate of drug-likeness (QED) is 0.438. The highest BCUT2D eigenvalue weighted by Gasteiger charge is 2.21. The van der Waals surface area contributed by atoms with Gasteiger partial charge in [-0.1, -0.05) is 12.1 Å². The van der Waals surface area contributed by atoms with Gasteiger partial charge >= 0.3 is 0 Å². The molecule has 0 bridgehead atoms. The summed E-state index contributed by atoms with van der Waals surface area (Å²) in [6.07, 6.45) is 5.16. The van der Waals surface area contributed by atoms with E-state index < -0.39 is 15.9 Å². The van der Waals surface area contributed by atoms with Crippen LogP contribution in [0.15, 0.2) is 59.8 Å². The van der Waals surface area contributed by atoms with Crippen LogP contribution in [-0.2, 0) is 10.0 Å². The van der Waals surface area contributed by atoms with Crippen molar-refractivity contribution in [3.05, 3.63) is 60.6 Å². The van der Waals surface area contributed by atoms with Crippen molar-refractivity contribution in [1.82, 2.24) is 9.97 Å². The van der Waals surface area contributed by atoms with Crippen molar-refractivity contribution in [3.63, 3.8) is 0 Å². The van der Waals surface area contributed by atoms with Crippen LogP contribution in [0.5, 0.6) is 0 Å². The number of nitrogens with one attached hydrogen (secondary N) is 1. The van der Waals surface area contributed by atoms with Gasteiger partial charge in [-0.05, 0) is 43.2 Å². The van der Waals surface area contributed by atoms with E-state index in [1.54, 1.807) is 36.7 Å². The van der Waals surface area contributed by atoms with Crippen molar-refractivity contribution < 1.29 is 13.2 Å². The molecule has 11 heteroatoms. The van der Waals surface area contributed by atoms with Gasteiger partial charge in [0, 0.05) is 30.9 Å². The van der Waals surface area contributed by atoms with Crippen molar-refractivity contribution in [1.29, 1.82) is 0 Å². The second-order valence-corrected chi connectivity index (χ2v) is 9.46. The first-order valence-electron chi connectivity index (χ1n) is 10.4. The zero-order valence-electron chi connectivity index (χ0n) is 17.8. The lowest BCUT2D eigenvalue weighted by Crippen LogP contribution is -2.43. The summed E-state index contributed by atoms with van der Waals surface area (Å²) < 4.78 is 23.4. The Morgan fingerprint density at radius 3 is 2.76 bits per heavy atom. The molecule has 172 valence electrons. The zero-order valence-corrected chi connectivity index (χ0v) is 18.6. The third-order valence-corrected chi connectivity index (χ3v) is 6.36. The minimum atomic E-state index is -3.88. The highest BCUT2D eigenvalue weighted by molar-refractivity contribution is 7.89. The number of amides is 1. The number of sulfonamides is 1. The van der Waals surface area contributed by atoms with Crippen LogP contribution >= 0.6 is 0 Å². The standard InChI is InChI=1S/C22H25N7O3S/c23-15-4-2-10-29(13-15)20-8-9-26-12-19(20)28-22(30)21-17(24)6-7-18(27-21)14-3-1-5-16(11-14)33(25,31)32/h1,3,5-9,11-12,15H,2,4,10,13,23-24H2,(H,28,30)(H2,25,31,32)/t15-/m0/s1. The second-order valence-electron chi connectivity index (χ2n) is 7.90. The van der Waals surface area contributed by atoms with E-state index in [-0.39, 0.29) is 22.3 Å². The number of anilines is 3. The van der Waals surface area contributed by atoms with E-state index >= 15 is 0 Å². The average molecular weight is 468 g/mol. The zero-order chi connectivity index (χ0) is 23.6. The number of primary sulfonamides is 1. The normalized spacial score (nSPS) is 16.4. The topological polar surface area (TPSA) is 170 Å². The predicted molar refractivity (Wildman–Crippen MR) is 127 cm³/mol. The summed E-state index contributed by atoms with van der Waals surface area (Å²) >= 11 is 0. The van der Waals surface area contributed by atoms with Gasteiger partial charge in [0.1, 0.15) is 0 Å². The molecule has 0 spiro atoms. The van der Waals surface area contributed by atoms with Gasteiger partial charge < -0.3 is 21.7 Å². The SMILES string of the molecule is Nc1ccc(-c2cccc(S(N)(=O)=O)c2)nc1C(=O)Nc1cnccc1N1CCC[C@H](N)C1. The van der Waals surface area contributed by atoms with Crippen LogP contribution in [0, 0.1) is 0 Å². The molecule has 3 aromatic rings. The first-order chi connectivity index (χ1) is 15.7. The molecular weight excluding hydrogens is 442 g/mol. The molecule has 2 aromatic heterocycles.